The maximum absolute atomic E-state index is 13.2. The van der Waals surface area contributed by atoms with Gasteiger partial charge >= 0.3 is 0 Å². The van der Waals surface area contributed by atoms with E-state index in [-0.39, 0.29) is 38.0 Å². The zero-order valence-corrected chi connectivity index (χ0v) is 15.0. The molecule has 150 valence electrons. The van der Waals surface area contributed by atoms with Crippen molar-refractivity contribution in [2.75, 3.05) is 0 Å². The molecule has 1 saturated carbocycles. The van der Waals surface area contributed by atoms with Crippen molar-refractivity contribution in [2.45, 2.75) is 56.7 Å². The summed E-state index contributed by atoms with van der Waals surface area (Å²) in [5.41, 5.74) is 9.72. The van der Waals surface area contributed by atoms with Crippen LogP contribution in [0.3, 0.4) is 0 Å². The lowest BCUT2D eigenvalue weighted by atomic mass is 9.70. The van der Waals surface area contributed by atoms with Crippen LogP contribution in [0.1, 0.15) is 44.1 Å². The van der Waals surface area contributed by atoms with Crippen molar-refractivity contribution in [3.63, 3.8) is 0 Å². The van der Waals surface area contributed by atoms with E-state index in [4.69, 9.17) is 11.5 Å². The van der Waals surface area contributed by atoms with Crippen LogP contribution in [0.2, 0.25) is 0 Å². The molecule has 8 heteroatoms. The molecule has 0 saturated heterocycles. The molecule has 0 radical (unpaired) electrons. The number of rotatable bonds is 8. The fourth-order valence-electron chi connectivity index (χ4n) is 3.83. The van der Waals surface area contributed by atoms with E-state index in [9.17, 15) is 28.6 Å². The molecule has 0 bridgehead atoms. The van der Waals surface area contributed by atoms with Crippen LogP contribution in [-0.4, -0.2) is 33.7 Å². The van der Waals surface area contributed by atoms with Gasteiger partial charge in [0.1, 0.15) is 11.6 Å². The molecule has 1 fully saturated rings. The molecule has 6 N–H and O–H groups in total. The van der Waals surface area contributed by atoms with Gasteiger partial charge in [-0.1, -0.05) is 0 Å². The largest absolute Gasteiger partial charge is 0.393 e. The van der Waals surface area contributed by atoms with Crippen LogP contribution >= 0.6 is 0 Å². The lowest BCUT2D eigenvalue weighted by Gasteiger charge is -2.40. The van der Waals surface area contributed by atoms with E-state index in [1.807, 2.05) is 0 Å². The molecule has 0 spiro atoms. The molecule has 0 heterocycles. The molecule has 0 aromatic heterocycles. The summed E-state index contributed by atoms with van der Waals surface area (Å²) >= 11 is 0. The first kappa shape index (κ1) is 21.2. The summed E-state index contributed by atoms with van der Waals surface area (Å²) in [7, 11) is 0. The molecule has 1 aliphatic rings. The van der Waals surface area contributed by atoms with Crippen molar-refractivity contribution >= 4 is 11.8 Å². The number of carbonyl (C=O) groups is 2. The Morgan fingerprint density at radius 2 is 1.70 bits per heavy atom. The van der Waals surface area contributed by atoms with Crippen LogP contribution in [0.4, 0.5) is 8.78 Å². The molecule has 2 rings (SSSR count). The minimum atomic E-state index is -1.40. The number of aliphatic hydroxyl groups is 2. The fraction of sp³-hybridized carbons (Fsp3) is 0.579. The summed E-state index contributed by atoms with van der Waals surface area (Å²) in [5, 5.41) is 21.1. The topological polar surface area (TPSA) is 127 Å². The minimum absolute atomic E-state index is 0.0646. The summed E-state index contributed by atoms with van der Waals surface area (Å²) in [4.78, 5) is 23.1. The fourth-order valence-corrected chi connectivity index (χ4v) is 3.83. The van der Waals surface area contributed by atoms with Crippen molar-refractivity contribution in [3.8, 4) is 0 Å². The second-order valence-electron chi connectivity index (χ2n) is 7.44. The van der Waals surface area contributed by atoms with Crippen molar-refractivity contribution in [2.24, 2.45) is 23.3 Å². The summed E-state index contributed by atoms with van der Waals surface area (Å²) in [5.74, 6) is -3.89. The predicted molar refractivity (Wildman–Crippen MR) is 94.1 cm³/mol. The Hall–Kier alpha value is -2.06. The Labute approximate surface area is 156 Å². The van der Waals surface area contributed by atoms with Gasteiger partial charge in [0.25, 0.3) is 0 Å². The summed E-state index contributed by atoms with van der Waals surface area (Å²) in [6.07, 6.45) is 0.419. The van der Waals surface area contributed by atoms with E-state index in [1.54, 1.807) is 0 Å². The smallest absolute Gasteiger partial charge is 0.223 e. The highest BCUT2D eigenvalue weighted by atomic mass is 19.1. The van der Waals surface area contributed by atoms with Gasteiger partial charge in [0, 0.05) is 12.0 Å². The first-order valence-electron chi connectivity index (χ1n) is 9.05. The number of nitrogens with two attached hydrogens (primary N) is 2. The summed E-state index contributed by atoms with van der Waals surface area (Å²) in [6.45, 7) is 0. The third-order valence-corrected chi connectivity index (χ3v) is 5.44. The van der Waals surface area contributed by atoms with E-state index >= 15 is 0 Å². The predicted octanol–water partition coefficient (Wildman–Crippen LogP) is 1.16. The summed E-state index contributed by atoms with van der Waals surface area (Å²) < 4.78 is 26.4. The molecule has 2 unspecified atom stereocenters. The van der Waals surface area contributed by atoms with Gasteiger partial charge in [0.15, 0.2) is 0 Å². The lowest BCUT2D eigenvalue weighted by molar-refractivity contribution is -0.140. The molecule has 0 aliphatic heterocycles. The van der Waals surface area contributed by atoms with Crippen LogP contribution in [-0.2, 0) is 16.0 Å². The number of halogens is 2. The van der Waals surface area contributed by atoms with Crippen LogP contribution in [0.15, 0.2) is 18.2 Å². The van der Waals surface area contributed by atoms with E-state index in [2.05, 4.69) is 0 Å². The standard InChI is InChI=1S/C19H26F2N2O4/c20-13-7-11(8-14(21)9-13)1-2-15(24)10-16(18(23)26)19(27)5-3-12(4-6-19)17(22)25/h7-9,12,15-16,24,27H,1-6,10H2,(H2,22,25)(H2,23,26). The first-order chi connectivity index (χ1) is 12.6. The molecule has 27 heavy (non-hydrogen) atoms. The van der Waals surface area contributed by atoms with Crippen molar-refractivity contribution < 1.29 is 28.6 Å². The summed E-state index contributed by atoms with van der Waals surface area (Å²) in [6, 6.07) is 3.13. The van der Waals surface area contributed by atoms with Gasteiger partial charge in [-0.3, -0.25) is 9.59 Å². The quantitative estimate of drug-likeness (QED) is 0.536. The Morgan fingerprint density at radius 1 is 1.15 bits per heavy atom. The molecule has 6 nitrogen and oxygen atoms in total. The van der Waals surface area contributed by atoms with Gasteiger partial charge in [0.2, 0.25) is 11.8 Å². The first-order valence-corrected chi connectivity index (χ1v) is 9.05. The van der Waals surface area contributed by atoms with Crippen LogP contribution in [0.5, 0.6) is 0 Å². The highest BCUT2D eigenvalue weighted by molar-refractivity contribution is 5.79. The molecule has 2 amide bonds. The maximum Gasteiger partial charge on any atom is 0.223 e. The second-order valence-corrected chi connectivity index (χ2v) is 7.44. The number of primary amides is 2. The number of aryl methyl sites for hydroxylation is 1. The van der Waals surface area contributed by atoms with Gasteiger partial charge in [-0.2, -0.15) is 0 Å². The van der Waals surface area contributed by atoms with Gasteiger partial charge in [-0.15, -0.1) is 0 Å². The molecule has 2 atom stereocenters. The lowest BCUT2D eigenvalue weighted by Crippen LogP contribution is -2.49. The highest BCUT2D eigenvalue weighted by Gasteiger charge is 2.44. The van der Waals surface area contributed by atoms with Crippen molar-refractivity contribution in [1.82, 2.24) is 0 Å². The Morgan fingerprint density at radius 3 is 2.19 bits per heavy atom. The van der Waals surface area contributed by atoms with Gasteiger partial charge in [-0.05, 0) is 62.6 Å². The number of hydrogen-bond donors (Lipinski definition) is 4. The van der Waals surface area contributed by atoms with E-state index < -0.39 is 41.1 Å². The van der Waals surface area contributed by atoms with Gasteiger partial charge < -0.3 is 21.7 Å². The SMILES string of the molecule is NC(=O)C1CCC(O)(C(CC(O)CCc2cc(F)cc(F)c2)C(N)=O)CC1. The minimum Gasteiger partial charge on any atom is -0.393 e. The molecular weight excluding hydrogens is 358 g/mol. The van der Waals surface area contributed by atoms with Crippen LogP contribution in [0.25, 0.3) is 0 Å². The van der Waals surface area contributed by atoms with Crippen molar-refractivity contribution in [1.29, 1.82) is 0 Å². The van der Waals surface area contributed by atoms with Crippen LogP contribution in [0, 0.1) is 23.5 Å². The monoisotopic (exact) mass is 384 g/mol. The van der Waals surface area contributed by atoms with Gasteiger partial charge in [0.05, 0.1) is 17.6 Å². The van der Waals surface area contributed by atoms with Gasteiger partial charge in [-0.25, -0.2) is 8.78 Å². The van der Waals surface area contributed by atoms with E-state index in [0.29, 0.717) is 18.4 Å². The Bertz CT molecular complexity index is 670. The molecular formula is C19H26F2N2O4. The third kappa shape index (κ3) is 5.71. The number of amides is 2. The Kier molecular flexibility index (Phi) is 6.89. The number of aliphatic hydroxyl groups excluding tert-OH is 1. The molecule has 1 aliphatic carbocycles. The number of hydrogen-bond acceptors (Lipinski definition) is 4. The maximum atomic E-state index is 13.2. The third-order valence-electron chi connectivity index (χ3n) is 5.44. The second kappa shape index (κ2) is 8.75. The molecule has 1 aromatic carbocycles. The highest BCUT2D eigenvalue weighted by Crippen LogP contribution is 2.39. The Balaban J connectivity index is 1.96. The van der Waals surface area contributed by atoms with Crippen LogP contribution < -0.4 is 11.5 Å². The molecule has 1 aromatic rings. The average Bonchev–Trinajstić information content (AvgIpc) is 2.57. The zero-order chi connectivity index (χ0) is 20.2. The number of benzene rings is 1. The van der Waals surface area contributed by atoms with Crippen molar-refractivity contribution in [3.05, 3.63) is 35.4 Å². The van der Waals surface area contributed by atoms with E-state index in [0.717, 1.165) is 6.07 Å². The zero-order valence-electron chi connectivity index (χ0n) is 15.0. The average molecular weight is 384 g/mol. The van der Waals surface area contributed by atoms with E-state index in [1.165, 1.54) is 12.1 Å². The number of carbonyl (C=O) groups excluding carboxylic acids is 2. The normalized spacial score (nSPS) is 25.0.